The van der Waals surface area contributed by atoms with Crippen molar-refractivity contribution in [3.8, 4) is 0 Å². The summed E-state index contributed by atoms with van der Waals surface area (Å²) in [5, 5.41) is 0.300. The summed E-state index contributed by atoms with van der Waals surface area (Å²) >= 11 is 6.15. The number of para-hydroxylation sites is 2. The molecule has 0 aliphatic carbocycles. The Labute approximate surface area is 156 Å². The van der Waals surface area contributed by atoms with Crippen molar-refractivity contribution >= 4 is 40.4 Å². The van der Waals surface area contributed by atoms with Gasteiger partial charge in [0.05, 0.1) is 16.3 Å². The van der Waals surface area contributed by atoms with Crippen molar-refractivity contribution in [1.29, 1.82) is 0 Å². The topological polar surface area (TPSA) is 40.6 Å². The number of hydrogen-bond donors (Lipinski definition) is 0. The lowest BCUT2D eigenvalue weighted by atomic mass is 10.1. The molecule has 0 aromatic heterocycles. The van der Waals surface area contributed by atoms with E-state index in [0.717, 1.165) is 11.4 Å². The van der Waals surface area contributed by atoms with Crippen LogP contribution in [0, 0.1) is 0 Å². The Bertz CT molecular complexity index is 934. The average Bonchev–Trinajstić information content (AvgIpc) is 2.93. The molecule has 0 saturated carbocycles. The number of hydrogen-bond acceptors (Lipinski definition) is 3. The summed E-state index contributed by atoms with van der Waals surface area (Å²) < 4.78 is 0. The van der Waals surface area contributed by atoms with Crippen molar-refractivity contribution < 1.29 is 9.59 Å². The SMILES string of the molecule is O=C1C(=O)N(CN(c2ccccc2)c2ccccc2)c2cccc(Cl)c21. The smallest absolute Gasteiger partial charge is 0.301 e. The second-order valence-electron chi connectivity index (χ2n) is 5.94. The van der Waals surface area contributed by atoms with E-state index in [1.807, 2.05) is 65.6 Å². The lowest BCUT2D eigenvalue weighted by molar-refractivity contribution is -0.114. The Hall–Kier alpha value is -3.11. The van der Waals surface area contributed by atoms with Gasteiger partial charge in [-0.25, -0.2) is 0 Å². The average molecular weight is 363 g/mol. The van der Waals surface area contributed by atoms with Crippen LogP contribution in [0.4, 0.5) is 17.1 Å². The fraction of sp³-hybridized carbons (Fsp3) is 0.0476. The van der Waals surface area contributed by atoms with Crippen molar-refractivity contribution in [2.75, 3.05) is 16.5 Å². The van der Waals surface area contributed by atoms with E-state index in [2.05, 4.69) is 0 Å². The van der Waals surface area contributed by atoms with E-state index in [1.165, 1.54) is 4.90 Å². The molecule has 5 heteroatoms. The quantitative estimate of drug-likeness (QED) is 0.633. The molecule has 0 spiro atoms. The molecule has 1 aliphatic heterocycles. The molecule has 0 N–H and O–H groups in total. The second kappa shape index (κ2) is 6.65. The van der Waals surface area contributed by atoms with E-state index < -0.39 is 11.7 Å². The van der Waals surface area contributed by atoms with Gasteiger partial charge in [0.2, 0.25) is 0 Å². The highest BCUT2D eigenvalue weighted by Crippen LogP contribution is 2.36. The van der Waals surface area contributed by atoms with Crippen molar-refractivity contribution in [3.05, 3.63) is 89.4 Å². The van der Waals surface area contributed by atoms with Crippen LogP contribution in [-0.4, -0.2) is 18.4 Å². The Morgan fingerprint density at radius 2 is 1.35 bits per heavy atom. The van der Waals surface area contributed by atoms with Crippen LogP contribution >= 0.6 is 11.6 Å². The molecule has 1 heterocycles. The maximum Gasteiger partial charge on any atom is 0.301 e. The number of amides is 1. The number of fused-ring (bicyclic) bond motifs is 1. The molecule has 0 fully saturated rings. The molecule has 1 aliphatic rings. The number of benzene rings is 3. The molecule has 0 saturated heterocycles. The second-order valence-corrected chi connectivity index (χ2v) is 6.34. The van der Waals surface area contributed by atoms with Crippen LogP contribution in [0.15, 0.2) is 78.9 Å². The Balaban J connectivity index is 1.77. The molecule has 1 amide bonds. The van der Waals surface area contributed by atoms with Gasteiger partial charge in [-0.15, -0.1) is 0 Å². The third kappa shape index (κ3) is 2.74. The molecule has 0 radical (unpaired) electrons. The minimum Gasteiger partial charge on any atom is -0.323 e. The van der Waals surface area contributed by atoms with Crippen LogP contribution in [-0.2, 0) is 4.79 Å². The molecule has 0 bridgehead atoms. The summed E-state index contributed by atoms with van der Waals surface area (Å²) in [5.74, 6) is -1.13. The van der Waals surface area contributed by atoms with Gasteiger partial charge in [-0.3, -0.25) is 14.5 Å². The zero-order chi connectivity index (χ0) is 18.1. The van der Waals surface area contributed by atoms with Crippen LogP contribution in [0.1, 0.15) is 10.4 Å². The highest BCUT2D eigenvalue weighted by molar-refractivity contribution is 6.55. The van der Waals surface area contributed by atoms with Crippen LogP contribution < -0.4 is 9.80 Å². The standard InChI is InChI=1S/C21H15ClN2O2/c22-17-12-7-13-18-19(17)20(25)21(26)24(18)14-23(15-8-3-1-4-9-15)16-10-5-2-6-11-16/h1-13H,14H2. The van der Waals surface area contributed by atoms with Crippen molar-refractivity contribution in [3.63, 3.8) is 0 Å². The number of rotatable bonds is 4. The Morgan fingerprint density at radius 1 is 0.769 bits per heavy atom. The highest BCUT2D eigenvalue weighted by Gasteiger charge is 2.38. The number of anilines is 3. The number of carbonyl (C=O) groups excluding carboxylic acids is 2. The zero-order valence-electron chi connectivity index (χ0n) is 13.8. The largest absolute Gasteiger partial charge is 0.323 e. The van der Waals surface area contributed by atoms with Gasteiger partial charge in [0, 0.05) is 11.4 Å². The number of Topliss-reactive ketones (excluding diaryl/α,β-unsaturated/α-hetero) is 1. The maximum absolute atomic E-state index is 12.6. The third-order valence-corrected chi connectivity index (χ3v) is 4.68. The molecular weight excluding hydrogens is 348 g/mol. The first-order chi connectivity index (χ1) is 12.7. The summed E-state index contributed by atoms with van der Waals surface area (Å²) in [6.07, 6.45) is 0. The van der Waals surface area contributed by atoms with E-state index >= 15 is 0 Å². The van der Waals surface area contributed by atoms with E-state index in [-0.39, 0.29) is 12.2 Å². The maximum atomic E-state index is 12.6. The van der Waals surface area contributed by atoms with Crippen LogP contribution in [0.3, 0.4) is 0 Å². The lowest BCUT2D eigenvalue weighted by Gasteiger charge is -2.30. The molecule has 0 atom stereocenters. The van der Waals surface area contributed by atoms with Crippen molar-refractivity contribution in [2.24, 2.45) is 0 Å². The molecule has 128 valence electrons. The molecule has 3 aromatic carbocycles. The van der Waals surface area contributed by atoms with Gasteiger partial charge in [-0.2, -0.15) is 0 Å². The van der Waals surface area contributed by atoms with E-state index in [4.69, 9.17) is 11.6 Å². The summed E-state index contributed by atoms with van der Waals surface area (Å²) in [6.45, 7) is 0.214. The minimum absolute atomic E-state index is 0.214. The van der Waals surface area contributed by atoms with Gasteiger partial charge >= 0.3 is 5.91 Å². The Kier molecular flexibility index (Phi) is 4.19. The monoisotopic (exact) mass is 362 g/mol. The van der Waals surface area contributed by atoms with Gasteiger partial charge in [-0.1, -0.05) is 54.1 Å². The first-order valence-electron chi connectivity index (χ1n) is 8.19. The van der Waals surface area contributed by atoms with Crippen LogP contribution in [0.2, 0.25) is 5.02 Å². The summed E-state index contributed by atoms with van der Waals surface area (Å²) in [5.41, 5.74) is 2.67. The molecule has 0 unspecified atom stereocenters. The molecular formula is C21H15ClN2O2. The predicted octanol–water partition coefficient (Wildman–Crippen LogP) is 4.67. The normalized spacial score (nSPS) is 13.0. The minimum atomic E-state index is -0.565. The van der Waals surface area contributed by atoms with E-state index in [0.29, 0.717) is 10.7 Å². The predicted molar refractivity (Wildman–Crippen MR) is 103 cm³/mol. The van der Waals surface area contributed by atoms with Gasteiger partial charge in [-0.05, 0) is 36.4 Å². The van der Waals surface area contributed by atoms with Crippen molar-refractivity contribution in [2.45, 2.75) is 0 Å². The number of ketones is 1. The van der Waals surface area contributed by atoms with E-state index in [1.54, 1.807) is 18.2 Å². The van der Waals surface area contributed by atoms with Gasteiger partial charge in [0.1, 0.15) is 6.67 Å². The number of nitrogens with zero attached hydrogens (tertiary/aromatic N) is 2. The first kappa shape index (κ1) is 16.4. The van der Waals surface area contributed by atoms with E-state index in [9.17, 15) is 9.59 Å². The first-order valence-corrected chi connectivity index (χ1v) is 8.57. The van der Waals surface area contributed by atoms with Gasteiger partial charge in [0.15, 0.2) is 0 Å². The van der Waals surface area contributed by atoms with Crippen molar-refractivity contribution in [1.82, 2.24) is 0 Å². The molecule has 4 nitrogen and oxygen atoms in total. The van der Waals surface area contributed by atoms with Crippen LogP contribution in [0.25, 0.3) is 0 Å². The lowest BCUT2D eigenvalue weighted by Crippen LogP contribution is -2.39. The van der Waals surface area contributed by atoms with Gasteiger partial charge < -0.3 is 4.90 Å². The number of halogens is 1. The fourth-order valence-electron chi connectivity index (χ4n) is 3.11. The summed E-state index contributed by atoms with van der Waals surface area (Å²) in [6, 6.07) is 24.6. The summed E-state index contributed by atoms with van der Waals surface area (Å²) in [4.78, 5) is 28.5. The van der Waals surface area contributed by atoms with Gasteiger partial charge in [0.25, 0.3) is 5.78 Å². The fourth-order valence-corrected chi connectivity index (χ4v) is 3.37. The van der Waals surface area contributed by atoms with Crippen LogP contribution in [0.5, 0.6) is 0 Å². The summed E-state index contributed by atoms with van der Waals surface area (Å²) in [7, 11) is 0. The molecule has 3 aromatic rings. The number of carbonyl (C=O) groups is 2. The zero-order valence-corrected chi connectivity index (χ0v) is 14.6. The Morgan fingerprint density at radius 3 is 1.92 bits per heavy atom. The molecule has 4 rings (SSSR count). The highest BCUT2D eigenvalue weighted by atomic mass is 35.5. The third-order valence-electron chi connectivity index (χ3n) is 4.37. The molecule has 26 heavy (non-hydrogen) atoms.